The molecule has 0 heterocycles. The van der Waals surface area contributed by atoms with Crippen LogP contribution in [-0.2, 0) is 10.0 Å². The van der Waals surface area contributed by atoms with Crippen LogP contribution in [0.1, 0.15) is 0 Å². The van der Waals surface area contributed by atoms with Crippen LogP contribution in [0.15, 0.2) is 35.2 Å². The van der Waals surface area contributed by atoms with Crippen molar-refractivity contribution < 1.29 is 21.9 Å². The van der Waals surface area contributed by atoms with Gasteiger partial charge in [-0.25, -0.2) is 17.2 Å². The number of rotatable bonds is 4. The number of anilines is 1. The lowest BCUT2D eigenvalue weighted by Gasteiger charge is -2.11. The van der Waals surface area contributed by atoms with E-state index in [4.69, 9.17) is 27.9 Å². The zero-order chi connectivity index (χ0) is 16.5. The quantitative estimate of drug-likeness (QED) is 0.828. The summed E-state index contributed by atoms with van der Waals surface area (Å²) < 4.78 is 58.1. The minimum Gasteiger partial charge on any atom is -0.495 e. The summed E-state index contributed by atoms with van der Waals surface area (Å²) in [5.41, 5.74) is -0.600. The van der Waals surface area contributed by atoms with Crippen LogP contribution in [0.3, 0.4) is 0 Å². The highest BCUT2D eigenvalue weighted by molar-refractivity contribution is 7.92. The summed E-state index contributed by atoms with van der Waals surface area (Å²) in [5.74, 6) is -2.34. The summed E-state index contributed by atoms with van der Waals surface area (Å²) in [6, 6.07) is 5.38. The fourth-order valence-electron chi connectivity index (χ4n) is 1.65. The van der Waals surface area contributed by atoms with Crippen LogP contribution in [-0.4, -0.2) is 15.5 Å². The number of hydrogen-bond donors (Lipinski definition) is 1. The molecule has 0 spiro atoms. The molecule has 1 N–H and O–H groups in total. The van der Waals surface area contributed by atoms with Gasteiger partial charge in [0.15, 0.2) is 11.6 Å². The van der Waals surface area contributed by atoms with Gasteiger partial charge < -0.3 is 4.74 Å². The Morgan fingerprint density at radius 2 is 1.82 bits per heavy atom. The van der Waals surface area contributed by atoms with Gasteiger partial charge in [-0.05, 0) is 30.3 Å². The Balaban J connectivity index is 2.42. The van der Waals surface area contributed by atoms with E-state index >= 15 is 0 Å². The van der Waals surface area contributed by atoms with Crippen molar-refractivity contribution in [2.75, 3.05) is 11.8 Å². The van der Waals surface area contributed by atoms with Gasteiger partial charge in [0.25, 0.3) is 10.0 Å². The molecular weight excluding hydrogens is 359 g/mol. The molecular formula is C13H9Cl2F2NO3S. The summed E-state index contributed by atoms with van der Waals surface area (Å²) in [6.07, 6.45) is 0. The van der Waals surface area contributed by atoms with Gasteiger partial charge in [-0.3, -0.25) is 4.72 Å². The van der Waals surface area contributed by atoms with Crippen molar-refractivity contribution in [3.63, 3.8) is 0 Å². The van der Waals surface area contributed by atoms with Crippen LogP contribution in [0.25, 0.3) is 0 Å². The Kier molecular flexibility index (Phi) is 4.79. The molecule has 0 bridgehead atoms. The number of ether oxygens (including phenoxy) is 1. The van der Waals surface area contributed by atoms with Crippen LogP contribution in [0.5, 0.6) is 5.75 Å². The Bertz CT molecular complexity index is 828. The Labute approximate surface area is 135 Å². The molecule has 0 aliphatic carbocycles. The van der Waals surface area contributed by atoms with Crippen molar-refractivity contribution in [1.29, 1.82) is 0 Å². The Morgan fingerprint density at radius 3 is 2.41 bits per heavy atom. The van der Waals surface area contributed by atoms with Gasteiger partial charge in [0.1, 0.15) is 5.75 Å². The zero-order valence-electron chi connectivity index (χ0n) is 11.0. The third kappa shape index (κ3) is 3.43. The van der Waals surface area contributed by atoms with Crippen LogP contribution in [0, 0.1) is 11.6 Å². The fraction of sp³-hybridized carbons (Fsp3) is 0.0769. The van der Waals surface area contributed by atoms with E-state index in [1.807, 2.05) is 4.72 Å². The molecule has 0 unspecified atom stereocenters. The molecule has 0 saturated heterocycles. The molecule has 0 aromatic heterocycles. The molecule has 22 heavy (non-hydrogen) atoms. The summed E-state index contributed by atoms with van der Waals surface area (Å²) >= 11 is 11.4. The summed E-state index contributed by atoms with van der Waals surface area (Å²) in [7, 11) is -2.80. The highest BCUT2D eigenvalue weighted by atomic mass is 35.5. The standard InChI is InChI=1S/C13H9Cl2F2NO3S/c1-21-12-3-2-8(6-9(12)15)22(19,20)18-11-5-7(14)4-10(16)13(11)17/h2-6,18H,1H3. The number of methoxy groups -OCH3 is 1. The van der Waals surface area contributed by atoms with Crippen molar-refractivity contribution in [2.45, 2.75) is 4.90 Å². The van der Waals surface area contributed by atoms with Crippen molar-refractivity contribution in [2.24, 2.45) is 0 Å². The summed E-state index contributed by atoms with van der Waals surface area (Å²) in [6.45, 7) is 0. The van der Waals surface area contributed by atoms with Gasteiger partial charge in [0, 0.05) is 5.02 Å². The molecule has 0 radical (unpaired) electrons. The minimum absolute atomic E-state index is 0.0584. The van der Waals surface area contributed by atoms with Crippen molar-refractivity contribution in [3.05, 3.63) is 52.0 Å². The minimum atomic E-state index is -4.17. The number of halogens is 4. The molecule has 0 aliphatic rings. The SMILES string of the molecule is COc1ccc(S(=O)(=O)Nc2cc(Cl)cc(F)c2F)cc1Cl. The maximum atomic E-state index is 13.6. The second-order valence-electron chi connectivity index (χ2n) is 4.15. The Morgan fingerprint density at radius 1 is 1.14 bits per heavy atom. The maximum absolute atomic E-state index is 13.6. The van der Waals surface area contributed by atoms with Gasteiger partial charge >= 0.3 is 0 Å². The van der Waals surface area contributed by atoms with Gasteiger partial charge in [-0.2, -0.15) is 0 Å². The van der Waals surface area contributed by atoms with E-state index in [1.54, 1.807) is 0 Å². The number of hydrogen-bond acceptors (Lipinski definition) is 3. The monoisotopic (exact) mass is 367 g/mol. The van der Waals surface area contributed by atoms with Crippen LogP contribution >= 0.6 is 23.2 Å². The lowest BCUT2D eigenvalue weighted by Crippen LogP contribution is -2.14. The van der Waals surface area contributed by atoms with Crippen LogP contribution in [0.2, 0.25) is 10.0 Å². The van der Waals surface area contributed by atoms with Crippen molar-refractivity contribution in [3.8, 4) is 5.75 Å². The van der Waals surface area contributed by atoms with E-state index in [0.717, 1.165) is 18.2 Å². The molecule has 2 aromatic rings. The van der Waals surface area contributed by atoms with Gasteiger partial charge in [-0.15, -0.1) is 0 Å². The molecule has 118 valence electrons. The van der Waals surface area contributed by atoms with E-state index in [-0.39, 0.29) is 20.7 Å². The highest BCUT2D eigenvalue weighted by Crippen LogP contribution is 2.29. The van der Waals surface area contributed by atoms with Crippen LogP contribution in [0.4, 0.5) is 14.5 Å². The van der Waals surface area contributed by atoms with Gasteiger partial charge in [-0.1, -0.05) is 23.2 Å². The summed E-state index contributed by atoms with van der Waals surface area (Å²) in [4.78, 5) is -0.238. The Hall–Kier alpha value is -1.57. The van der Waals surface area contributed by atoms with E-state index in [0.29, 0.717) is 0 Å². The molecule has 0 amide bonds. The van der Waals surface area contributed by atoms with Crippen molar-refractivity contribution in [1.82, 2.24) is 0 Å². The third-order valence-corrected chi connectivity index (χ3v) is 4.55. The second kappa shape index (κ2) is 6.28. The first-order chi connectivity index (χ1) is 10.2. The number of benzene rings is 2. The second-order valence-corrected chi connectivity index (χ2v) is 6.68. The molecule has 0 fully saturated rings. The summed E-state index contributed by atoms with van der Waals surface area (Å²) in [5, 5.41) is -0.0903. The maximum Gasteiger partial charge on any atom is 0.262 e. The first-order valence-corrected chi connectivity index (χ1v) is 7.99. The molecule has 9 heteroatoms. The number of nitrogens with one attached hydrogen (secondary N) is 1. The fourth-order valence-corrected chi connectivity index (χ4v) is 3.25. The average molecular weight is 368 g/mol. The van der Waals surface area contributed by atoms with Crippen molar-refractivity contribution >= 4 is 38.9 Å². The van der Waals surface area contributed by atoms with E-state index in [1.165, 1.54) is 19.2 Å². The van der Waals surface area contributed by atoms with Crippen LogP contribution < -0.4 is 9.46 Å². The topological polar surface area (TPSA) is 55.4 Å². The first kappa shape index (κ1) is 16.8. The lowest BCUT2D eigenvalue weighted by molar-refractivity contribution is 0.414. The normalized spacial score (nSPS) is 11.3. The van der Waals surface area contributed by atoms with E-state index in [9.17, 15) is 17.2 Å². The lowest BCUT2D eigenvalue weighted by atomic mass is 10.3. The molecule has 0 aliphatic heterocycles. The molecule has 2 aromatic carbocycles. The van der Waals surface area contributed by atoms with E-state index in [2.05, 4.69) is 0 Å². The van der Waals surface area contributed by atoms with Gasteiger partial charge in [0.2, 0.25) is 0 Å². The molecule has 2 rings (SSSR count). The first-order valence-electron chi connectivity index (χ1n) is 5.75. The van der Waals surface area contributed by atoms with E-state index < -0.39 is 27.3 Å². The highest BCUT2D eigenvalue weighted by Gasteiger charge is 2.20. The smallest absolute Gasteiger partial charge is 0.262 e. The molecule has 4 nitrogen and oxygen atoms in total. The molecule has 0 atom stereocenters. The number of sulfonamides is 1. The average Bonchev–Trinajstić information content (AvgIpc) is 2.43. The third-order valence-electron chi connectivity index (χ3n) is 2.67. The molecule has 0 saturated carbocycles. The predicted molar refractivity (Wildman–Crippen MR) is 80.2 cm³/mol. The largest absolute Gasteiger partial charge is 0.495 e. The predicted octanol–water partition coefficient (Wildman–Crippen LogP) is 4.08. The van der Waals surface area contributed by atoms with Gasteiger partial charge in [0.05, 0.1) is 22.7 Å². The zero-order valence-corrected chi connectivity index (χ0v) is 13.4.